The van der Waals surface area contributed by atoms with Gasteiger partial charge in [0.05, 0.1) is 5.56 Å². The second-order valence-corrected chi connectivity index (χ2v) is 9.12. The summed E-state index contributed by atoms with van der Waals surface area (Å²) in [5.41, 5.74) is 1.22. The molecule has 152 valence electrons. The molecule has 0 aliphatic heterocycles. The van der Waals surface area contributed by atoms with E-state index in [0.717, 1.165) is 30.2 Å². The zero-order chi connectivity index (χ0) is 19.8. The molecule has 1 aromatic rings. The Morgan fingerprint density at radius 2 is 1.61 bits per heavy atom. The van der Waals surface area contributed by atoms with Gasteiger partial charge in [-0.15, -0.1) is 0 Å². The average Bonchev–Trinajstić information content (AvgIpc) is 2.74. The zero-order valence-corrected chi connectivity index (χ0v) is 17.5. The van der Waals surface area contributed by atoms with Gasteiger partial charge in [-0.1, -0.05) is 50.8 Å². The number of nitriles is 1. The molecule has 2 saturated carbocycles. The van der Waals surface area contributed by atoms with Gasteiger partial charge < -0.3 is 0 Å². The summed E-state index contributed by atoms with van der Waals surface area (Å²) in [6, 6.07) is 7.07. The van der Waals surface area contributed by atoms with Crippen LogP contribution in [0.15, 0.2) is 30.4 Å². The summed E-state index contributed by atoms with van der Waals surface area (Å²) in [5.74, 6) is 2.56. The van der Waals surface area contributed by atoms with Crippen molar-refractivity contribution in [3.05, 3.63) is 47.3 Å². The molecule has 0 saturated heterocycles. The molecule has 2 heteroatoms. The first kappa shape index (κ1) is 21.1. The van der Waals surface area contributed by atoms with Crippen LogP contribution in [0.4, 0.5) is 4.39 Å². The molecule has 2 aliphatic rings. The Kier molecular flexibility index (Phi) is 8.13. The number of allylic oxidation sites excluding steroid dienone is 2. The van der Waals surface area contributed by atoms with Crippen LogP contribution in [0.1, 0.15) is 101 Å². The zero-order valence-electron chi connectivity index (χ0n) is 17.5. The molecule has 1 nitrogen and oxygen atoms in total. The molecule has 0 unspecified atom stereocenters. The van der Waals surface area contributed by atoms with Crippen molar-refractivity contribution in [3.63, 3.8) is 0 Å². The van der Waals surface area contributed by atoms with E-state index < -0.39 is 0 Å². The highest BCUT2D eigenvalue weighted by Gasteiger charge is 2.23. The summed E-state index contributed by atoms with van der Waals surface area (Å²) in [7, 11) is 0. The lowest BCUT2D eigenvalue weighted by Crippen LogP contribution is -2.15. The standard InChI is InChI=1S/C26H36FN/c1-2-3-4-5-20-6-8-21(9-7-20)10-11-22-12-14-23(15-13-22)24-16-17-25(19-28)26(27)18-24/h10-11,16-18,20-23H,2-9,12-15H2,1H3. The highest BCUT2D eigenvalue weighted by atomic mass is 19.1. The van der Waals surface area contributed by atoms with Crippen molar-refractivity contribution in [2.45, 2.75) is 89.9 Å². The molecule has 0 radical (unpaired) electrons. The summed E-state index contributed by atoms with van der Waals surface area (Å²) in [5, 5.41) is 8.89. The molecule has 0 spiro atoms. The molecule has 0 aromatic heterocycles. The molecular weight excluding hydrogens is 345 g/mol. The molecule has 2 aliphatic carbocycles. The van der Waals surface area contributed by atoms with Gasteiger partial charge in [-0.05, 0) is 92.7 Å². The predicted molar refractivity (Wildman–Crippen MR) is 115 cm³/mol. The minimum absolute atomic E-state index is 0.153. The highest BCUT2D eigenvalue weighted by Crippen LogP contribution is 2.38. The van der Waals surface area contributed by atoms with Crippen molar-refractivity contribution in [1.82, 2.24) is 0 Å². The molecule has 0 N–H and O–H groups in total. The number of rotatable bonds is 7. The van der Waals surface area contributed by atoms with E-state index in [1.807, 2.05) is 12.1 Å². The van der Waals surface area contributed by atoms with Gasteiger partial charge in [-0.25, -0.2) is 4.39 Å². The van der Waals surface area contributed by atoms with Crippen molar-refractivity contribution in [2.75, 3.05) is 0 Å². The molecule has 2 fully saturated rings. The fourth-order valence-corrected chi connectivity index (χ4v) is 5.19. The number of nitrogens with zero attached hydrogens (tertiary/aromatic N) is 1. The molecule has 0 bridgehead atoms. The van der Waals surface area contributed by atoms with Gasteiger partial charge in [0.1, 0.15) is 11.9 Å². The molecule has 28 heavy (non-hydrogen) atoms. The number of unbranched alkanes of at least 4 members (excludes halogenated alkanes) is 2. The van der Waals surface area contributed by atoms with Crippen LogP contribution in [-0.2, 0) is 0 Å². The second kappa shape index (κ2) is 10.8. The smallest absolute Gasteiger partial charge is 0.141 e. The number of halogens is 1. The van der Waals surface area contributed by atoms with Crippen molar-refractivity contribution < 1.29 is 4.39 Å². The van der Waals surface area contributed by atoms with Crippen LogP contribution in [0.3, 0.4) is 0 Å². The molecule has 0 heterocycles. The summed E-state index contributed by atoms with van der Waals surface area (Å²) >= 11 is 0. The van der Waals surface area contributed by atoms with Gasteiger partial charge in [0.15, 0.2) is 0 Å². The largest absolute Gasteiger partial charge is 0.206 e. The Balaban J connectivity index is 1.40. The molecule has 0 atom stereocenters. The van der Waals surface area contributed by atoms with Crippen molar-refractivity contribution >= 4 is 0 Å². The topological polar surface area (TPSA) is 23.8 Å². The van der Waals surface area contributed by atoms with Crippen LogP contribution in [0.5, 0.6) is 0 Å². The van der Waals surface area contributed by atoms with Crippen LogP contribution < -0.4 is 0 Å². The SMILES string of the molecule is CCCCCC1CCC(C=CC2CCC(c3ccc(C#N)c(F)c3)CC2)CC1. The lowest BCUT2D eigenvalue weighted by molar-refractivity contribution is 0.288. The normalized spacial score (nSPS) is 28.3. The lowest BCUT2D eigenvalue weighted by Gasteiger charge is -2.29. The Bertz CT molecular complexity index is 670. The quantitative estimate of drug-likeness (QED) is 0.347. The van der Waals surface area contributed by atoms with E-state index in [4.69, 9.17) is 5.26 Å². The van der Waals surface area contributed by atoms with E-state index >= 15 is 0 Å². The predicted octanol–water partition coefficient (Wildman–Crippen LogP) is 7.91. The number of hydrogen-bond donors (Lipinski definition) is 0. The van der Waals surface area contributed by atoms with E-state index in [1.165, 1.54) is 64.2 Å². The van der Waals surface area contributed by atoms with Gasteiger partial charge in [0.2, 0.25) is 0 Å². The lowest BCUT2D eigenvalue weighted by atomic mass is 9.76. The third-order valence-electron chi connectivity index (χ3n) is 7.12. The monoisotopic (exact) mass is 381 g/mol. The summed E-state index contributed by atoms with van der Waals surface area (Å²) in [6.07, 6.45) is 20.9. The molecule has 1 aromatic carbocycles. The van der Waals surface area contributed by atoms with Gasteiger partial charge in [0.25, 0.3) is 0 Å². The van der Waals surface area contributed by atoms with Crippen molar-refractivity contribution in [2.24, 2.45) is 17.8 Å². The van der Waals surface area contributed by atoms with Gasteiger partial charge >= 0.3 is 0 Å². The van der Waals surface area contributed by atoms with E-state index in [1.54, 1.807) is 12.1 Å². The van der Waals surface area contributed by atoms with Crippen LogP contribution in [0.25, 0.3) is 0 Å². The van der Waals surface area contributed by atoms with E-state index in [-0.39, 0.29) is 11.4 Å². The first-order chi connectivity index (χ1) is 13.7. The summed E-state index contributed by atoms with van der Waals surface area (Å²) in [4.78, 5) is 0. The maximum Gasteiger partial charge on any atom is 0.141 e. The third kappa shape index (κ3) is 5.94. The van der Waals surface area contributed by atoms with Crippen LogP contribution in [0, 0.1) is 34.9 Å². The van der Waals surface area contributed by atoms with Gasteiger partial charge in [-0.3, -0.25) is 0 Å². The van der Waals surface area contributed by atoms with E-state index in [0.29, 0.717) is 11.8 Å². The van der Waals surface area contributed by atoms with Gasteiger partial charge in [-0.2, -0.15) is 5.26 Å². The first-order valence-corrected chi connectivity index (χ1v) is 11.6. The first-order valence-electron chi connectivity index (χ1n) is 11.6. The second-order valence-electron chi connectivity index (χ2n) is 9.12. The van der Waals surface area contributed by atoms with Crippen LogP contribution in [0.2, 0.25) is 0 Å². The number of benzene rings is 1. The molecule has 3 rings (SSSR count). The Labute approximate surface area is 171 Å². The van der Waals surface area contributed by atoms with E-state index in [2.05, 4.69) is 19.1 Å². The molecular formula is C26H36FN. The van der Waals surface area contributed by atoms with E-state index in [9.17, 15) is 4.39 Å². The Morgan fingerprint density at radius 3 is 2.18 bits per heavy atom. The van der Waals surface area contributed by atoms with Crippen molar-refractivity contribution in [1.29, 1.82) is 5.26 Å². The minimum atomic E-state index is -0.368. The minimum Gasteiger partial charge on any atom is -0.206 e. The Hall–Kier alpha value is -1.62. The van der Waals surface area contributed by atoms with Crippen molar-refractivity contribution in [3.8, 4) is 6.07 Å². The maximum atomic E-state index is 13.9. The third-order valence-corrected chi connectivity index (χ3v) is 7.12. The fraction of sp³-hybridized carbons (Fsp3) is 0.654. The van der Waals surface area contributed by atoms with Crippen LogP contribution >= 0.6 is 0 Å². The fourth-order valence-electron chi connectivity index (χ4n) is 5.19. The number of hydrogen-bond acceptors (Lipinski definition) is 1. The Morgan fingerprint density at radius 1 is 0.964 bits per heavy atom. The molecule has 0 amide bonds. The maximum absolute atomic E-state index is 13.9. The summed E-state index contributed by atoms with van der Waals surface area (Å²) in [6.45, 7) is 2.29. The highest BCUT2D eigenvalue weighted by molar-refractivity contribution is 5.35. The summed E-state index contributed by atoms with van der Waals surface area (Å²) < 4.78 is 13.9. The van der Waals surface area contributed by atoms with Gasteiger partial charge in [0, 0.05) is 0 Å². The average molecular weight is 382 g/mol. The van der Waals surface area contributed by atoms with Crippen LogP contribution in [-0.4, -0.2) is 0 Å².